The predicted octanol–water partition coefficient (Wildman–Crippen LogP) is 2.52. The lowest BCUT2D eigenvalue weighted by Gasteiger charge is -2.27. The molecular formula is C13H18FNO3. The number of halogens is 1. The van der Waals surface area contributed by atoms with E-state index in [1.54, 1.807) is 26.8 Å². The van der Waals surface area contributed by atoms with Gasteiger partial charge >= 0.3 is 6.09 Å². The fourth-order valence-electron chi connectivity index (χ4n) is 1.51. The van der Waals surface area contributed by atoms with Crippen LogP contribution in [0.1, 0.15) is 32.8 Å². The molecule has 0 aliphatic rings. The molecule has 0 radical (unpaired) electrons. The molecule has 18 heavy (non-hydrogen) atoms. The minimum Gasteiger partial charge on any atom is -0.413 e. The maximum absolute atomic E-state index is 13.6. The van der Waals surface area contributed by atoms with Gasteiger partial charge in [0.1, 0.15) is 5.82 Å². The fraction of sp³-hybridized carbons (Fsp3) is 0.462. The molecule has 0 aliphatic carbocycles. The van der Waals surface area contributed by atoms with Crippen LogP contribution in [0.25, 0.3) is 0 Å². The van der Waals surface area contributed by atoms with Crippen LogP contribution >= 0.6 is 0 Å². The van der Waals surface area contributed by atoms with Crippen molar-refractivity contribution in [2.75, 3.05) is 0 Å². The molecule has 100 valence electrons. The molecule has 0 aliphatic heterocycles. The van der Waals surface area contributed by atoms with E-state index in [0.29, 0.717) is 0 Å². The number of hydrogen-bond acceptors (Lipinski definition) is 3. The Kier molecular flexibility index (Phi) is 4.67. The van der Waals surface area contributed by atoms with Crippen LogP contribution in [-0.2, 0) is 10.5 Å². The average molecular weight is 255 g/mol. The van der Waals surface area contributed by atoms with Gasteiger partial charge in [-0.15, -0.1) is 0 Å². The zero-order chi connectivity index (χ0) is 13.8. The molecular weight excluding hydrogens is 237 g/mol. The maximum Gasteiger partial charge on any atom is 0.410 e. The highest BCUT2D eigenvalue weighted by atomic mass is 19.1. The third-order valence-corrected chi connectivity index (χ3v) is 2.44. The van der Waals surface area contributed by atoms with E-state index >= 15 is 0 Å². The highest BCUT2D eigenvalue weighted by molar-refractivity contribution is 5.68. The molecule has 5 heteroatoms. The Balaban J connectivity index is 2.93. The molecule has 0 unspecified atom stereocenters. The van der Waals surface area contributed by atoms with Gasteiger partial charge in [0, 0.05) is 12.5 Å². The van der Waals surface area contributed by atoms with Crippen LogP contribution in [-0.4, -0.2) is 17.2 Å². The molecule has 1 rings (SSSR count). The summed E-state index contributed by atoms with van der Waals surface area (Å²) in [5.74, 6) is -2.57. The largest absolute Gasteiger partial charge is 0.413 e. The number of carbonyl (C=O) groups is 1. The molecule has 0 saturated carbocycles. The van der Waals surface area contributed by atoms with Crippen LogP contribution in [0.2, 0.25) is 0 Å². The molecule has 1 aromatic rings. The number of aliphatic hydroxyl groups is 1. The highest BCUT2D eigenvalue weighted by Gasteiger charge is 2.34. The van der Waals surface area contributed by atoms with Gasteiger partial charge in [-0.25, -0.2) is 9.18 Å². The van der Waals surface area contributed by atoms with Crippen LogP contribution in [0.5, 0.6) is 0 Å². The summed E-state index contributed by atoms with van der Waals surface area (Å²) in [5.41, 5.74) is -0.0496. The smallest absolute Gasteiger partial charge is 0.410 e. The van der Waals surface area contributed by atoms with Gasteiger partial charge in [-0.3, -0.25) is 0 Å². The molecule has 0 spiro atoms. The van der Waals surface area contributed by atoms with Crippen molar-refractivity contribution in [2.45, 2.75) is 39.0 Å². The molecule has 0 saturated heterocycles. The Hall–Kier alpha value is -1.62. The van der Waals surface area contributed by atoms with Crippen molar-refractivity contribution in [1.29, 1.82) is 0 Å². The first-order valence-electron chi connectivity index (χ1n) is 5.86. The summed E-state index contributed by atoms with van der Waals surface area (Å²) < 4.78 is 18.5. The molecule has 1 atom stereocenters. The lowest BCUT2D eigenvalue weighted by atomic mass is 10.0. The van der Waals surface area contributed by atoms with Crippen molar-refractivity contribution in [3.63, 3.8) is 0 Å². The lowest BCUT2D eigenvalue weighted by molar-refractivity contribution is -0.174. The normalized spacial score (nSPS) is 14.1. The minimum atomic E-state index is -1.95. The molecule has 1 aromatic carbocycles. The van der Waals surface area contributed by atoms with E-state index in [1.165, 1.54) is 18.2 Å². The van der Waals surface area contributed by atoms with Gasteiger partial charge < -0.3 is 15.2 Å². The van der Waals surface area contributed by atoms with Crippen molar-refractivity contribution < 1.29 is 19.0 Å². The van der Waals surface area contributed by atoms with Crippen LogP contribution in [0.15, 0.2) is 24.3 Å². The lowest BCUT2D eigenvalue weighted by Crippen LogP contribution is -2.39. The Bertz CT molecular complexity index is 422. The van der Waals surface area contributed by atoms with E-state index in [-0.39, 0.29) is 18.0 Å². The second-order valence-corrected chi connectivity index (χ2v) is 4.31. The standard InChI is InChI=1S/C13H18FNO3/c1-4-13(17,18-12(16)15-9(2)3)10-7-5-6-8-11(10)14/h5-9,17H,4H2,1-3H3,(H,15,16)/t13-/m0/s1. The number of benzene rings is 1. The van der Waals surface area contributed by atoms with Crippen LogP contribution < -0.4 is 5.32 Å². The van der Waals surface area contributed by atoms with Crippen molar-refractivity contribution in [1.82, 2.24) is 5.32 Å². The molecule has 0 bridgehead atoms. The number of hydrogen-bond donors (Lipinski definition) is 2. The topological polar surface area (TPSA) is 58.6 Å². The fourth-order valence-corrected chi connectivity index (χ4v) is 1.51. The third kappa shape index (κ3) is 3.43. The molecule has 2 N–H and O–H groups in total. The zero-order valence-corrected chi connectivity index (χ0v) is 10.7. The van der Waals surface area contributed by atoms with Gasteiger partial charge in [0.05, 0.1) is 5.56 Å². The average Bonchev–Trinajstić information content (AvgIpc) is 2.28. The summed E-state index contributed by atoms with van der Waals surface area (Å²) in [7, 11) is 0. The molecule has 4 nitrogen and oxygen atoms in total. The predicted molar refractivity (Wildman–Crippen MR) is 65.3 cm³/mol. The number of carbonyl (C=O) groups excluding carboxylic acids is 1. The van der Waals surface area contributed by atoms with E-state index in [4.69, 9.17) is 4.74 Å². The van der Waals surface area contributed by atoms with Crippen molar-refractivity contribution in [3.8, 4) is 0 Å². The van der Waals surface area contributed by atoms with Gasteiger partial charge in [-0.2, -0.15) is 0 Å². The Morgan fingerprint density at radius 2 is 2.11 bits per heavy atom. The van der Waals surface area contributed by atoms with Crippen molar-refractivity contribution >= 4 is 6.09 Å². The third-order valence-electron chi connectivity index (χ3n) is 2.44. The second-order valence-electron chi connectivity index (χ2n) is 4.31. The van der Waals surface area contributed by atoms with E-state index < -0.39 is 17.7 Å². The number of ether oxygens (including phenoxy) is 1. The summed E-state index contributed by atoms with van der Waals surface area (Å²) in [6.45, 7) is 5.12. The molecule has 1 amide bonds. The van der Waals surface area contributed by atoms with Gasteiger partial charge in [-0.1, -0.05) is 19.1 Å². The summed E-state index contributed by atoms with van der Waals surface area (Å²) in [6.07, 6.45) is -0.725. The number of alkyl carbamates (subject to hydrolysis) is 1. The van der Waals surface area contributed by atoms with Gasteiger partial charge in [0.15, 0.2) is 0 Å². The van der Waals surface area contributed by atoms with E-state index in [1.807, 2.05) is 0 Å². The number of rotatable bonds is 4. The second kappa shape index (κ2) is 5.82. The van der Waals surface area contributed by atoms with Gasteiger partial charge in [0.2, 0.25) is 5.79 Å². The summed E-state index contributed by atoms with van der Waals surface area (Å²) >= 11 is 0. The van der Waals surface area contributed by atoms with Crippen LogP contribution in [0.3, 0.4) is 0 Å². The van der Waals surface area contributed by atoms with Crippen molar-refractivity contribution in [3.05, 3.63) is 35.6 Å². The first-order valence-corrected chi connectivity index (χ1v) is 5.86. The first kappa shape index (κ1) is 14.4. The van der Waals surface area contributed by atoms with Crippen molar-refractivity contribution in [2.24, 2.45) is 0 Å². The maximum atomic E-state index is 13.6. The van der Waals surface area contributed by atoms with Gasteiger partial charge in [-0.05, 0) is 26.0 Å². The van der Waals surface area contributed by atoms with Crippen LogP contribution in [0, 0.1) is 5.82 Å². The molecule has 0 fully saturated rings. The summed E-state index contributed by atoms with van der Waals surface area (Å²) in [5, 5.41) is 12.7. The van der Waals surface area contributed by atoms with E-state index in [2.05, 4.69) is 5.32 Å². The Labute approximate surface area is 106 Å². The van der Waals surface area contributed by atoms with Gasteiger partial charge in [0.25, 0.3) is 0 Å². The monoisotopic (exact) mass is 255 g/mol. The highest BCUT2D eigenvalue weighted by Crippen LogP contribution is 2.28. The first-order chi connectivity index (χ1) is 8.39. The summed E-state index contributed by atoms with van der Waals surface area (Å²) in [4.78, 5) is 11.5. The molecule has 0 aromatic heterocycles. The quantitative estimate of drug-likeness (QED) is 0.813. The SMILES string of the molecule is CC[C@](O)(OC(=O)NC(C)C)c1ccccc1F. The number of amides is 1. The number of nitrogens with one attached hydrogen (secondary N) is 1. The molecule has 0 heterocycles. The minimum absolute atomic E-state index is 0.0496. The zero-order valence-electron chi connectivity index (χ0n) is 10.7. The Morgan fingerprint density at radius 1 is 1.50 bits per heavy atom. The van der Waals surface area contributed by atoms with E-state index in [9.17, 15) is 14.3 Å². The summed E-state index contributed by atoms with van der Waals surface area (Å²) in [6, 6.07) is 5.55. The Morgan fingerprint density at radius 3 is 2.61 bits per heavy atom. The van der Waals surface area contributed by atoms with E-state index in [0.717, 1.165) is 0 Å². The van der Waals surface area contributed by atoms with Crippen LogP contribution in [0.4, 0.5) is 9.18 Å².